The number of aromatic hydroxyl groups is 1. The van der Waals surface area contributed by atoms with E-state index < -0.39 is 37.9 Å². The Labute approximate surface area is 196 Å². The Kier molecular flexibility index (Phi) is 7.50. The summed E-state index contributed by atoms with van der Waals surface area (Å²) in [7, 11) is -2.51. The minimum Gasteiger partial charge on any atom is -0.500 e. The predicted molar refractivity (Wildman–Crippen MR) is 123 cm³/mol. The number of piperidine rings is 1. The molecule has 2 aromatic rings. The molecule has 11 nitrogen and oxygen atoms in total. The molecular weight excluding hydrogens is 464 g/mol. The maximum atomic E-state index is 12.9. The SMILES string of the molecule is COc1cc(/C=C(\C#N)C(=O)Nc2cccc(S(=O)(=O)N3CCCCC3)c2)cc([N+](=O)[O-])c1O. The lowest BCUT2D eigenvalue weighted by Crippen LogP contribution is -2.35. The van der Waals surface area contributed by atoms with E-state index in [1.807, 2.05) is 0 Å². The van der Waals surface area contributed by atoms with Crippen LogP contribution in [-0.4, -0.2) is 48.9 Å². The molecule has 178 valence electrons. The summed E-state index contributed by atoms with van der Waals surface area (Å²) < 4.78 is 32.1. The van der Waals surface area contributed by atoms with Crippen LogP contribution in [0.15, 0.2) is 46.9 Å². The number of nitrogens with one attached hydrogen (secondary N) is 1. The quantitative estimate of drug-likeness (QED) is 0.261. The zero-order valence-corrected chi connectivity index (χ0v) is 19.0. The van der Waals surface area contributed by atoms with E-state index in [1.165, 1.54) is 41.7 Å². The number of hydrogen-bond donors (Lipinski definition) is 2. The van der Waals surface area contributed by atoms with Gasteiger partial charge in [-0.15, -0.1) is 0 Å². The van der Waals surface area contributed by atoms with Gasteiger partial charge in [0.25, 0.3) is 5.91 Å². The van der Waals surface area contributed by atoms with Crippen molar-refractivity contribution in [2.45, 2.75) is 24.2 Å². The number of sulfonamides is 1. The lowest BCUT2D eigenvalue weighted by molar-refractivity contribution is -0.386. The lowest BCUT2D eigenvalue weighted by Gasteiger charge is -2.26. The molecule has 1 aliphatic rings. The largest absolute Gasteiger partial charge is 0.500 e. The zero-order chi connectivity index (χ0) is 24.9. The Morgan fingerprint density at radius 2 is 1.97 bits per heavy atom. The van der Waals surface area contributed by atoms with E-state index in [0.29, 0.717) is 13.1 Å². The zero-order valence-electron chi connectivity index (χ0n) is 18.2. The fraction of sp³-hybridized carbons (Fsp3) is 0.273. The second kappa shape index (κ2) is 10.3. The maximum Gasteiger partial charge on any atom is 0.315 e. The van der Waals surface area contributed by atoms with E-state index in [4.69, 9.17) is 4.74 Å². The van der Waals surface area contributed by atoms with Crippen LogP contribution in [0.25, 0.3) is 6.08 Å². The molecule has 0 aromatic heterocycles. The third-order valence-electron chi connectivity index (χ3n) is 5.21. The molecule has 12 heteroatoms. The second-order valence-electron chi connectivity index (χ2n) is 7.46. The minimum atomic E-state index is -3.72. The van der Waals surface area contributed by atoms with Gasteiger partial charge in [-0.1, -0.05) is 12.5 Å². The highest BCUT2D eigenvalue weighted by Gasteiger charge is 2.26. The van der Waals surface area contributed by atoms with Gasteiger partial charge >= 0.3 is 5.69 Å². The third kappa shape index (κ3) is 5.33. The Morgan fingerprint density at radius 3 is 2.59 bits per heavy atom. The summed E-state index contributed by atoms with van der Waals surface area (Å²) in [5.74, 6) is -1.72. The van der Waals surface area contributed by atoms with Crippen LogP contribution in [0.3, 0.4) is 0 Å². The van der Waals surface area contributed by atoms with Gasteiger partial charge < -0.3 is 15.2 Å². The molecule has 1 heterocycles. The molecule has 1 saturated heterocycles. The smallest absolute Gasteiger partial charge is 0.315 e. The number of nitrogens with zero attached hydrogens (tertiary/aromatic N) is 3. The number of nitriles is 1. The van der Waals surface area contributed by atoms with Gasteiger partial charge in [0.05, 0.1) is 16.9 Å². The molecule has 1 fully saturated rings. The number of phenols is 1. The van der Waals surface area contributed by atoms with Gasteiger partial charge in [-0.25, -0.2) is 8.42 Å². The van der Waals surface area contributed by atoms with Crippen molar-refractivity contribution in [3.63, 3.8) is 0 Å². The van der Waals surface area contributed by atoms with Gasteiger partial charge in [0.15, 0.2) is 5.75 Å². The molecule has 0 aliphatic carbocycles. The van der Waals surface area contributed by atoms with E-state index in [9.17, 15) is 33.7 Å². The topological polar surface area (TPSA) is 163 Å². The highest BCUT2D eigenvalue weighted by atomic mass is 32.2. The number of nitro benzene ring substituents is 1. The van der Waals surface area contributed by atoms with Gasteiger partial charge in [-0.05, 0) is 48.7 Å². The molecule has 0 spiro atoms. The van der Waals surface area contributed by atoms with Gasteiger partial charge in [-0.3, -0.25) is 14.9 Å². The van der Waals surface area contributed by atoms with Crippen molar-refractivity contribution in [1.29, 1.82) is 5.26 Å². The summed E-state index contributed by atoms with van der Waals surface area (Å²) in [6, 6.07) is 9.66. The normalized spacial score (nSPS) is 14.8. The monoisotopic (exact) mass is 486 g/mol. The molecule has 0 atom stereocenters. The molecule has 3 rings (SSSR count). The fourth-order valence-corrected chi connectivity index (χ4v) is 5.06. The third-order valence-corrected chi connectivity index (χ3v) is 7.11. The number of methoxy groups -OCH3 is 1. The highest BCUT2D eigenvalue weighted by molar-refractivity contribution is 7.89. The van der Waals surface area contributed by atoms with Crippen molar-refractivity contribution in [2.75, 3.05) is 25.5 Å². The van der Waals surface area contributed by atoms with E-state index in [-0.39, 0.29) is 21.9 Å². The van der Waals surface area contributed by atoms with Crippen molar-refractivity contribution in [2.24, 2.45) is 0 Å². The first-order valence-electron chi connectivity index (χ1n) is 10.3. The molecular formula is C22H22N4O7S. The molecule has 0 saturated carbocycles. The molecule has 1 aliphatic heterocycles. The van der Waals surface area contributed by atoms with Crippen LogP contribution in [0.1, 0.15) is 24.8 Å². The number of ether oxygens (including phenoxy) is 1. The van der Waals surface area contributed by atoms with Crippen molar-refractivity contribution >= 4 is 33.4 Å². The van der Waals surface area contributed by atoms with Crippen LogP contribution >= 0.6 is 0 Å². The number of phenolic OH excluding ortho intramolecular Hbond substituents is 1. The number of rotatable bonds is 7. The first-order valence-corrected chi connectivity index (χ1v) is 11.7. The fourth-order valence-electron chi connectivity index (χ4n) is 3.49. The van der Waals surface area contributed by atoms with Crippen LogP contribution < -0.4 is 10.1 Å². The molecule has 0 unspecified atom stereocenters. The number of benzene rings is 2. The van der Waals surface area contributed by atoms with Crippen LogP contribution in [-0.2, 0) is 14.8 Å². The summed E-state index contributed by atoms with van der Waals surface area (Å²) >= 11 is 0. The van der Waals surface area contributed by atoms with Crippen LogP contribution in [0.5, 0.6) is 11.5 Å². The first kappa shape index (κ1) is 24.7. The number of nitro groups is 1. The average Bonchev–Trinajstić information content (AvgIpc) is 2.83. The Balaban J connectivity index is 1.87. The van der Waals surface area contributed by atoms with E-state index in [0.717, 1.165) is 31.4 Å². The standard InChI is InChI=1S/C22H22N4O7S/c1-33-20-12-15(11-19(21(20)27)26(29)30)10-16(14-23)22(28)24-17-6-5-7-18(13-17)34(31,32)25-8-3-2-4-9-25/h5-7,10-13,27H,2-4,8-9H2,1H3,(H,24,28)/b16-10+. The van der Waals surface area contributed by atoms with Crippen molar-refractivity contribution in [1.82, 2.24) is 4.31 Å². The number of carbonyl (C=O) groups excluding carboxylic acids is 1. The average molecular weight is 487 g/mol. The van der Waals surface area contributed by atoms with Crippen molar-refractivity contribution < 1.29 is 28.0 Å². The number of carbonyl (C=O) groups is 1. The Morgan fingerprint density at radius 1 is 1.26 bits per heavy atom. The highest BCUT2D eigenvalue weighted by Crippen LogP contribution is 2.37. The van der Waals surface area contributed by atoms with Gasteiger partial charge in [0.2, 0.25) is 15.8 Å². The summed E-state index contributed by atoms with van der Waals surface area (Å²) in [6.07, 6.45) is 3.64. The van der Waals surface area contributed by atoms with E-state index >= 15 is 0 Å². The molecule has 2 aromatic carbocycles. The Hall–Kier alpha value is -3.95. The minimum absolute atomic E-state index is 0.0218. The summed E-state index contributed by atoms with van der Waals surface area (Å²) in [5.41, 5.74) is -0.807. The molecule has 0 radical (unpaired) electrons. The number of amides is 1. The summed E-state index contributed by atoms with van der Waals surface area (Å²) in [5, 5.41) is 33.0. The summed E-state index contributed by atoms with van der Waals surface area (Å²) in [6.45, 7) is 0.866. The van der Waals surface area contributed by atoms with Gasteiger partial charge in [0, 0.05) is 24.8 Å². The van der Waals surface area contributed by atoms with Crippen LogP contribution in [0.4, 0.5) is 11.4 Å². The van der Waals surface area contributed by atoms with Crippen LogP contribution in [0, 0.1) is 21.4 Å². The molecule has 34 heavy (non-hydrogen) atoms. The Bertz CT molecular complexity index is 1290. The van der Waals surface area contributed by atoms with E-state index in [1.54, 1.807) is 6.07 Å². The first-order chi connectivity index (χ1) is 16.2. The van der Waals surface area contributed by atoms with Gasteiger partial charge in [0.1, 0.15) is 11.6 Å². The van der Waals surface area contributed by atoms with Crippen LogP contribution in [0.2, 0.25) is 0 Å². The maximum absolute atomic E-state index is 12.9. The summed E-state index contributed by atoms with van der Waals surface area (Å²) in [4.78, 5) is 23.0. The molecule has 0 bridgehead atoms. The lowest BCUT2D eigenvalue weighted by atomic mass is 10.1. The molecule has 2 N–H and O–H groups in total. The second-order valence-corrected chi connectivity index (χ2v) is 9.40. The van der Waals surface area contributed by atoms with Crippen molar-refractivity contribution in [3.8, 4) is 17.6 Å². The number of anilines is 1. The van der Waals surface area contributed by atoms with E-state index in [2.05, 4.69) is 5.32 Å². The van der Waals surface area contributed by atoms with Gasteiger partial charge in [-0.2, -0.15) is 9.57 Å². The van der Waals surface area contributed by atoms with Crippen molar-refractivity contribution in [3.05, 3.63) is 57.6 Å². The predicted octanol–water partition coefficient (Wildman–Crippen LogP) is 3.03. The number of hydrogen-bond acceptors (Lipinski definition) is 8. The molecule has 1 amide bonds.